The van der Waals surface area contributed by atoms with E-state index in [1.54, 1.807) is 12.0 Å². The molecule has 122 valence electrons. The summed E-state index contributed by atoms with van der Waals surface area (Å²) in [6, 6.07) is 6.01. The summed E-state index contributed by atoms with van der Waals surface area (Å²) >= 11 is 0. The third-order valence-electron chi connectivity index (χ3n) is 4.15. The topological polar surface area (TPSA) is 48.0 Å². The Morgan fingerprint density at radius 1 is 1.36 bits per heavy atom. The molecule has 1 unspecified atom stereocenters. The van der Waals surface area contributed by atoms with E-state index in [0.29, 0.717) is 6.42 Å². The number of carbonyl (C=O) groups is 1. The van der Waals surface area contributed by atoms with Gasteiger partial charge in [-0.05, 0) is 44.9 Å². The largest absolute Gasteiger partial charge is 0.454 e. The number of fused-ring (bicyclic) bond motifs is 1. The van der Waals surface area contributed by atoms with Crippen molar-refractivity contribution in [2.75, 3.05) is 21.0 Å². The van der Waals surface area contributed by atoms with Gasteiger partial charge in [0.25, 0.3) is 0 Å². The molecule has 0 aromatic heterocycles. The maximum Gasteiger partial charge on any atom is 0.231 e. The highest BCUT2D eigenvalue weighted by Crippen LogP contribution is 2.33. The Bertz CT molecular complexity index is 541. The molecular weight excluding hydrogens is 282 g/mol. The van der Waals surface area contributed by atoms with Crippen molar-refractivity contribution in [1.82, 2.24) is 4.90 Å². The number of hydrogen-bond donors (Lipinski definition) is 0. The van der Waals surface area contributed by atoms with Crippen molar-refractivity contribution in [2.45, 2.75) is 45.3 Å². The number of likely N-dealkylation sites (N-methyl/N-ethyl adjacent to an activating group) is 1. The number of amides is 1. The maximum atomic E-state index is 12.3. The van der Waals surface area contributed by atoms with Crippen LogP contribution < -0.4 is 9.47 Å². The number of carbonyl (C=O) groups excluding carboxylic acids is 1. The summed E-state index contributed by atoms with van der Waals surface area (Å²) in [5, 5.41) is 0. The molecule has 0 aliphatic carbocycles. The number of benzene rings is 1. The molecular formula is C17H25NO4. The third-order valence-corrected chi connectivity index (χ3v) is 4.15. The van der Waals surface area contributed by atoms with Gasteiger partial charge in [0.05, 0.1) is 12.0 Å². The van der Waals surface area contributed by atoms with Crippen molar-refractivity contribution >= 4 is 5.91 Å². The third kappa shape index (κ3) is 3.91. The van der Waals surface area contributed by atoms with Gasteiger partial charge in [0.1, 0.15) is 0 Å². The highest BCUT2D eigenvalue weighted by Gasteiger charge is 2.25. The fraction of sp³-hybridized carbons (Fsp3) is 0.588. The van der Waals surface area contributed by atoms with Crippen LogP contribution in [0.2, 0.25) is 0 Å². The number of methoxy groups -OCH3 is 1. The molecule has 1 amide bonds. The van der Waals surface area contributed by atoms with Gasteiger partial charge in [-0.3, -0.25) is 4.79 Å². The second-order valence-electron chi connectivity index (χ2n) is 6.39. The molecule has 1 heterocycles. The Hall–Kier alpha value is -1.75. The summed E-state index contributed by atoms with van der Waals surface area (Å²) in [6.45, 7) is 6.16. The van der Waals surface area contributed by atoms with Crippen LogP contribution in [0.3, 0.4) is 0 Å². The predicted molar refractivity (Wildman–Crippen MR) is 84.2 cm³/mol. The lowest BCUT2D eigenvalue weighted by Gasteiger charge is -2.29. The minimum absolute atomic E-state index is 0.0834. The van der Waals surface area contributed by atoms with E-state index < -0.39 is 5.60 Å². The zero-order chi connectivity index (χ0) is 16.3. The molecule has 5 nitrogen and oxygen atoms in total. The minimum atomic E-state index is -0.441. The van der Waals surface area contributed by atoms with Gasteiger partial charge in [-0.1, -0.05) is 6.07 Å². The first-order valence-corrected chi connectivity index (χ1v) is 7.52. The summed E-state index contributed by atoms with van der Waals surface area (Å²) in [5.41, 5.74) is 0.687. The smallest absolute Gasteiger partial charge is 0.231 e. The maximum absolute atomic E-state index is 12.3. The number of rotatable bonds is 6. The average Bonchev–Trinajstić information content (AvgIpc) is 2.93. The zero-order valence-electron chi connectivity index (χ0n) is 14.0. The first-order valence-electron chi connectivity index (χ1n) is 7.52. The lowest BCUT2D eigenvalue weighted by molar-refractivity contribution is -0.136. The van der Waals surface area contributed by atoms with Crippen LogP contribution in [0.25, 0.3) is 0 Å². The fourth-order valence-electron chi connectivity index (χ4n) is 2.35. The highest BCUT2D eigenvalue weighted by atomic mass is 16.7. The molecule has 0 saturated carbocycles. The summed E-state index contributed by atoms with van der Waals surface area (Å²) in [6.07, 6.45) is 1.14. The molecule has 1 atom stereocenters. The molecule has 0 spiro atoms. The predicted octanol–water partition coefficient (Wildman–Crippen LogP) is 2.62. The quantitative estimate of drug-likeness (QED) is 0.810. The van der Waals surface area contributed by atoms with Crippen LogP contribution in [-0.2, 0) is 16.0 Å². The van der Waals surface area contributed by atoms with Gasteiger partial charge in [0.15, 0.2) is 11.5 Å². The molecule has 0 saturated heterocycles. The molecule has 1 aliphatic rings. The Balaban J connectivity index is 1.96. The molecule has 0 radical (unpaired) electrons. The standard InChI is InChI=1S/C17H25NO4/c1-12(18(4)16(19)10-17(2,3)20-5)8-13-6-7-14-15(9-13)22-11-21-14/h6-7,9,12H,8,10-11H2,1-5H3. The van der Waals surface area contributed by atoms with Crippen molar-refractivity contribution in [2.24, 2.45) is 0 Å². The average molecular weight is 307 g/mol. The fourth-order valence-corrected chi connectivity index (χ4v) is 2.35. The van der Waals surface area contributed by atoms with Crippen molar-refractivity contribution in [3.63, 3.8) is 0 Å². The van der Waals surface area contributed by atoms with E-state index in [1.165, 1.54) is 0 Å². The Labute approximate surface area is 132 Å². The van der Waals surface area contributed by atoms with Crippen LogP contribution in [-0.4, -0.2) is 43.4 Å². The van der Waals surface area contributed by atoms with Crippen molar-refractivity contribution in [3.8, 4) is 11.5 Å². The monoisotopic (exact) mass is 307 g/mol. The van der Waals surface area contributed by atoms with E-state index in [9.17, 15) is 4.79 Å². The number of hydrogen-bond acceptors (Lipinski definition) is 4. The van der Waals surface area contributed by atoms with Gasteiger partial charge < -0.3 is 19.1 Å². The molecule has 1 aromatic carbocycles. The van der Waals surface area contributed by atoms with E-state index in [2.05, 4.69) is 0 Å². The van der Waals surface area contributed by atoms with E-state index in [1.807, 2.05) is 46.0 Å². The van der Waals surface area contributed by atoms with Gasteiger partial charge in [-0.25, -0.2) is 0 Å². The van der Waals surface area contributed by atoms with Gasteiger partial charge in [-0.2, -0.15) is 0 Å². The van der Waals surface area contributed by atoms with Crippen LogP contribution in [0.15, 0.2) is 18.2 Å². The minimum Gasteiger partial charge on any atom is -0.454 e. The van der Waals surface area contributed by atoms with Crippen LogP contribution in [0.1, 0.15) is 32.8 Å². The second-order valence-corrected chi connectivity index (χ2v) is 6.39. The molecule has 1 aromatic rings. The van der Waals surface area contributed by atoms with Gasteiger partial charge in [-0.15, -0.1) is 0 Å². The highest BCUT2D eigenvalue weighted by molar-refractivity contribution is 5.77. The number of nitrogens with zero attached hydrogens (tertiary/aromatic N) is 1. The Morgan fingerprint density at radius 3 is 2.73 bits per heavy atom. The van der Waals surface area contributed by atoms with Crippen LogP contribution >= 0.6 is 0 Å². The van der Waals surface area contributed by atoms with Gasteiger partial charge in [0, 0.05) is 20.2 Å². The van der Waals surface area contributed by atoms with E-state index >= 15 is 0 Å². The SMILES string of the molecule is COC(C)(C)CC(=O)N(C)C(C)Cc1ccc2c(c1)OCO2. The summed E-state index contributed by atoms with van der Waals surface area (Å²) in [7, 11) is 3.47. The molecule has 5 heteroatoms. The van der Waals surface area contributed by atoms with E-state index in [-0.39, 0.29) is 18.7 Å². The summed E-state index contributed by atoms with van der Waals surface area (Å²) in [5.74, 6) is 1.64. The molecule has 0 bridgehead atoms. The van der Waals surface area contributed by atoms with Crippen molar-refractivity contribution in [1.29, 1.82) is 0 Å². The Morgan fingerprint density at radius 2 is 2.05 bits per heavy atom. The normalized spacial score (nSPS) is 14.8. The van der Waals surface area contributed by atoms with Crippen molar-refractivity contribution < 1.29 is 19.0 Å². The van der Waals surface area contributed by atoms with E-state index in [4.69, 9.17) is 14.2 Å². The first-order chi connectivity index (χ1) is 10.3. The molecule has 22 heavy (non-hydrogen) atoms. The molecule has 1 aliphatic heterocycles. The molecule has 0 N–H and O–H groups in total. The Kier molecular flexibility index (Phi) is 4.96. The van der Waals surface area contributed by atoms with Gasteiger partial charge in [0.2, 0.25) is 12.7 Å². The van der Waals surface area contributed by atoms with Crippen LogP contribution in [0.5, 0.6) is 11.5 Å². The lowest BCUT2D eigenvalue weighted by Crippen LogP contribution is -2.40. The summed E-state index contributed by atoms with van der Waals surface area (Å²) < 4.78 is 16.0. The summed E-state index contributed by atoms with van der Waals surface area (Å²) in [4.78, 5) is 14.1. The number of ether oxygens (including phenoxy) is 3. The van der Waals surface area contributed by atoms with E-state index in [0.717, 1.165) is 23.5 Å². The van der Waals surface area contributed by atoms with Gasteiger partial charge >= 0.3 is 0 Å². The first kappa shape index (κ1) is 16.6. The molecule has 2 rings (SSSR count). The second kappa shape index (κ2) is 6.57. The van der Waals surface area contributed by atoms with Crippen LogP contribution in [0, 0.1) is 0 Å². The lowest BCUT2D eigenvalue weighted by atomic mass is 10.0. The van der Waals surface area contributed by atoms with Crippen molar-refractivity contribution in [3.05, 3.63) is 23.8 Å². The van der Waals surface area contributed by atoms with Crippen LogP contribution in [0.4, 0.5) is 0 Å². The molecule has 0 fully saturated rings. The zero-order valence-corrected chi connectivity index (χ0v) is 14.0.